The minimum atomic E-state index is -1.22. The van der Waals surface area contributed by atoms with Gasteiger partial charge in [-0.3, -0.25) is 4.79 Å². The van der Waals surface area contributed by atoms with Crippen molar-refractivity contribution < 1.29 is 28.2 Å². The highest BCUT2D eigenvalue weighted by Gasteiger charge is 2.27. The Morgan fingerprint density at radius 1 is 0.943 bits per heavy atom. The van der Waals surface area contributed by atoms with Gasteiger partial charge in [0.1, 0.15) is 18.5 Å². The first-order chi connectivity index (χ1) is 16.8. The van der Waals surface area contributed by atoms with Gasteiger partial charge in [-0.05, 0) is 36.2 Å². The molecule has 0 aliphatic rings. The molecule has 9 heteroatoms. The lowest BCUT2D eigenvalue weighted by Gasteiger charge is -2.20. The summed E-state index contributed by atoms with van der Waals surface area (Å²) in [6.07, 6.45) is -1.90. The maximum atomic E-state index is 13.2. The number of amides is 2. The van der Waals surface area contributed by atoms with Gasteiger partial charge in [-0.1, -0.05) is 72.3 Å². The van der Waals surface area contributed by atoms with E-state index < -0.39 is 35.9 Å². The van der Waals surface area contributed by atoms with E-state index in [4.69, 9.17) is 21.1 Å². The van der Waals surface area contributed by atoms with Crippen LogP contribution in [0.15, 0.2) is 78.9 Å². The summed E-state index contributed by atoms with van der Waals surface area (Å²) < 4.78 is 23.8. The van der Waals surface area contributed by atoms with Crippen LogP contribution >= 0.6 is 11.6 Å². The molecule has 0 aliphatic carbocycles. The normalized spacial score (nSPS) is 12.2. The van der Waals surface area contributed by atoms with Crippen molar-refractivity contribution in [2.45, 2.75) is 32.1 Å². The lowest BCUT2D eigenvalue weighted by atomic mass is 10.1. The van der Waals surface area contributed by atoms with E-state index in [1.807, 2.05) is 24.3 Å². The standard InChI is InChI=1S/C26H24ClFN2O5/c1-17(24(31)29-22-13-12-20(28)15-21(22)27)35-25(32)23(14-18-8-4-2-5-9-18)30-26(33)34-16-19-10-6-3-7-11-19/h2-13,15,17,23H,14,16H2,1H3,(H,29,31)(H,30,33)/t17?,23-/m0/s1. The largest absolute Gasteiger partial charge is 0.451 e. The number of rotatable bonds is 9. The highest BCUT2D eigenvalue weighted by molar-refractivity contribution is 6.33. The minimum absolute atomic E-state index is 0.00154. The van der Waals surface area contributed by atoms with Crippen LogP contribution < -0.4 is 10.6 Å². The third-order valence-electron chi connectivity index (χ3n) is 4.92. The number of hydrogen-bond donors (Lipinski definition) is 2. The second kappa shape index (κ2) is 12.5. The number of anilines is 1. The van der Waals surface area contributed by atoms with E-state index in [-0.39, 0.29) is 23.7 Å². The average Bonchev–Trinajstić information content (AvgIpc) is 2.85. The highest BCUT2D eigenvalue weighted by atomic mass is 35.5. The highest BCUT2D eigenvalue weighted by Crippen LogP contribution is 2.22. The third-order valence-corrected chi connectivity index (χ3v) is 5.24. The molecule has 2 N–H and O–H groups in total. The van der Waals surface area contributed by atoms with Crippen LogP contribution in [0.3, 0.4) is 0 Å². The first-order valence-electron chi connectivity index (χ1n) is 10.8. The monoisotopic (exact) mass is 498 g/mol. The van der Waals surface area contributed by atoms with Gasteiger partial charge in [-0.25, -0.2) is 14.0 Å². The molecule has 0 bridgehead atoms. The topological polar surface area (TPSA) is 93.7 Å². The molecule has 2 atom stereocenters. The Labute approximate surface area is 207 Å². The van der Waals surface area contributed by atoms with Gasteiger partial charge in [-0.15, -0.1) is 0 Å². The molecule has 0 aromatic heterocycles. The smallest absolute Gasteiger partial charge is 0.408 e. The summed E-state index contributed by atoms with van der Waals surface area (Å²) in [6.45, 7) is 1.40. The lowest BCUT2D eigenvalue weighted by molar-refractivity contribution is -0.155. The van der Waals surface area contributed by atoms with Gasteiger partial charge in [0.05, 0.1) is 10.7 Å². The van der Waals surface area contributed by atoms with Gasteiger partial charge < -0.3 is 20.1 Å². The van der Waals surface area contributed by atoms with Gasteiger partial charge >= 0.3 is 12.1 Å². The fraction of sp³-hybridized carbons (Fsp3) is 0.192. The molecule has 3 aromatic carbocycles. The summed E-state index contributed by atoms with van der Waals surface area (Å²) in [5, 5.41) is 5.00. The molecule has 3 rings (SSSR count). The number of hydrogen-bond acceptors (Lipinski definition) is 5. The number of halogens is 2. The Morgan fingerprint density at radius 3 is 2.20 bits per heavy atom. The molecule has 3 aromatic rings. The molecular formula is C26H24ClFN2O5. The molecule has 0 heterocycles. The zero-order valence-corrected chi connectivity index (χ0v) is 19.6. The quantitative estimate of drug-likeness (QED) is 0.410. The fourth-order valence-corrected chi connectivity index (χ4v) is 3.30. The van der Waals surface area contributed by atoms with Crippen LogP contribution in [0.2, 0.25) is 5.02 Å². The predicted molar refractivity (Wildman–Crippen MR) is 129 cm³/mol. The first kappa shape index (κ1) is 25.7. The van der Waals surface area contributed by atoms with Gasteiger partial charge in [0.25, 0.3) is 5.91 Å². The maximum absolute atomic E-state index is 13.2. The van der Waals surface area contributed by atoms with Crippen LogP contribution in [-0.4, -0.2) is 30.1 Å². The number of ether oxygens (including phenoxy) is 2. The first-order valence-corrected chi connectivity index (χ1v) is 11.2. The van der Waals surface area contributed by atoms with Gasteiger partial charge in [-0.2, -0.15) is 0 Å². The van der Waals surface area contributed by atoms with Gasteiger partial charge in [0.2, 0.25) is 0 Å². The number of alkyl carbamates (subject to hydrolysis) is 1. The van der Waals surface area contributed by atoms with Crippen molar-refractivity contribution in [3.63, 3.8) is 0 Å². The van der Waals surface area contributed by atoms with Crippen molar-refractivity contribution in [1.29, 1.82) is 0 Å². The van der Waals surface area contributed by atoms with Crippen molar-refractivity contribution in [3.05, 3.63) is 101 Å². The van der Waals surface area contributed by atoms with Crippen molar-refractivity contribution in [2.75, 3.05) is 5.32 Å². The van der Waals surface area contributed by atoms with Gasteiger partial charge in [0, 0.05) is 6.42 Å². The third kappa shape index (κ3) is 8.12. The molecule has 182 valence electrons. The zero-order chi connectivity index (χ0) is 25.2. The number of carbonyl (C=O) groups excluding carboxylic acids is 3. The van der Waals surface area contributed by atoms with Crippen molar-refractivity contribution in [2.24, 2.45) is 0 Å². The minimum Gasteiger partial charge on any atom is -0.451 e. The van der Waals surface area contributed by atoms with Crippen LogP contribution in [0.5, 0.6) is 0 Å². The second-order valence-electron chi connectivity index (χ2n) is 7.64. The van der Waals surface area contributed by atoms with E-state index >= 15 is 0 Å². The SMILES string of the molecule is CC(OC(=O)[C@H](Cc1ccccc1)NC(=O)OCc1ccccc1)C(=O)Nc1ccc(F)cc1Cl. The van der Waals surface area contributed by atoms with E-state index in [9.17, 15) is 18.8 Å². The summed E-state index contributed by atoms with van der Waals surface area (Å²) >= 11 is 5.93. The van der Waals surface area contributed by atoms with Crippen LogP contribution in [0, 0.1) is 5.82 Å². The maximum Gasteiger partial charge on any atom is 0.408 e. The van der Waals surface area contributed by atoms with Crippen LogP contribution in [0.25, 0.3) is 0 Å². The molecule has 0 aliphatic heterocycles. The van der Waals surface area contributed by atoms with E-state index in [0.717, 1.165) is 23.3 Å². The molecule has 0 saturated heterocycles. The molecule has 35 heavy (non-hydrogen) atoms. The Kier molecular flexibility index (Phi) is 9.20. The Balaban J connectivity index is 1.63. The van der Waals surface area contributed by atoms with Crippen LogP contribution in [0.1, 0.15) is 18.1 Å². The van der Waals surface area contributed by atoms with Gasteiger partial charge in [0.15, 0.2) is 6.10 Å². The van der Waals surface area contributed by atoms with E-state index in [0.29, 0.717) is 0 Å². The Hall–Kier alpha value is -3.91. The van der Waals surface area contributed by atoms with E-state index in [2.05, 4.69) is 10.6 Å². The molecule has 0 spiro atoms. The molecule has 0 radical (unpaired) electrons. The number of esters is 1. The molecule has 0 fully saturated rings. The zero-order valence-electron chi connectivity index (χ0n) is 18.9. The predicted octanol–water partition coefficient (Wildman–Crippen LogP) is 4.89. The number of benzene rings is 3. The van der Waals surface area contributed by atoms with Crippen LogP contribution in [-0.2, 0) is 32.1 Å². The molecule has 7 nitrogen and oxygen atoms in total. The molecular weight excluding hydrogens is 475 g/mol. The fourth-order valence-electron chi connectivity index (χ4n) is 3.09. The van der Waals surface area contributed by atoms with Crippen molar-refractivity contribution in [1.82, 2.24) is 5.32 Å². The molecule has 0 saturated carbocycles. The summed E-state index contributed by atoms with van der Waals surface area (Å²) in [4.78, 5) is 37.8. The Morgan fingerprint density at radius 2 is 1.57 bits per heavy atom. The summed E-state index contributed by atoms with van der Waals surface area (Å²) in [6, 6.07) is 20.5. The van der Waals surface area contributed by atoms with Crippen molar-refractivity contribution in [3.8, 4) is 0 Å². The van der Waals surface area contributed by atoms with Crippen molar-refractivity contribution >= 4 is 35.3 Å². The molecule has 1 unspecified atom stereocenters. The summed E-state index contributed by atoms with van der Waals surface area (Å²) in [5.74, 6) is -2.04. The molecule has 2 amide bonds. The Bertz CT molecular complexity index is 1160. The summed E-state index contributed by atoms with van der Waals surface area (Å²) in [7, 11) is 0. The van der Waals surface area contributed by atoms with E-state index in [1.54, 1.807) is 36.4 Å². The van der Waals surface area contributed by atoms with E-state index in [1.165, 1.54) is 13.0 Å². The van der Waals surface area contributed by atoms with Crippen LogP contribution in [0.4, 0.5) is 14.9 Å². The second-order valence-corrected chi connectivity index (χ2v) is 8.05. The number of nitrogens with one attached hydrogen (secondary N) is 2. The average molecular weight is 499 g/mol. The lowest BCUT2D eigenvalue weighted by Crippen LogP contribution is -2.45. The summed E-state index contributed by atoms with van der Waals surface area (Å²) in [5.41, 5.74) is 1.73. The number of carbonyl (C=O) groups is 3.